The Bertz CT molecular complexity index is 597. The van der Waals surface area contributed by atoms with Crippen molar-refractivity contribution in [3.63, 3.8) is 0 Å². The molecule has 5 heteroatoms. The number of ether oxygens (including phenoxy) is 1. The monoisotopic (exact) mass is 281 g/mol. The molecule has 1 fully saturated rings. The lowest BCUT2D eigenvalue weighted by Gasteiger charge is -2.28. The number of rotatable bonds is 2. The number of benzene rings is 1. The van der Waals surface area contributed by atoms with Crippen molar-refractivity contribution in [1.82, 2.24) is 0 Å². The van der Waals surface area contributed by atoms with E-state index in [1.54, 1.807) is 0 Å². The minimum absolute atomic E-state index is 0.122. The molecule has 2 aliphatic heterocycles. The first-order valence-electron chi connectivity index (χ1n) is 6.73. The van der Waals surface area contributed by atoms with Crippen molar-refractivity contribution >= 4 is 15.5 Å². The number of sulfone groups is 1. The fourth-order valence-corrected chi connectivity index (χ4v) is 4.92. The minimum atomic E-state index is -2.94. The summed E-state index contributed by atoms with van der Waals surface area (Å²) in [5.74, 6) is 1.19. The molecule has 3 rings (SSSR count). The van der Waals surface area contributed by atoms with E-state index in [-0.39, 0.29) is 11.5 Å². The third-order valence-corrected chi connectivity index (χ3v) is 5.75. The lowest BCUT2D eigenvalue weighted by atomic mass is 10.0. The fourth-order valence-electron chi connectivity index (χ4n) is 2.90. The normalized spacial score (nSPS) is 28.5. The van der Waals surface area contributed by atoms with Gasteiger partial charge in [-0.25, -0.2) is 8.42 Å². The summed E-state index contributed by atoms with van der Waals surface area (Å²) < 4.78 is 29.3. The Morgan fingerprint density at radius 2 is 2.21 bits per heavy atom. The van der Waals surface area contributed by atoms with Crippen LogP contribution in [-0.2, 0) is 16.3 Å². The van der Waals surface area contributed by atoms with Gasteiger partial charge in [0.2, 0.25) is 0 Å². The molecule has 0 saturated carbocycles. The average molecular weight is 281 g/mol. The third kappa shape index (κ3) is 2.56. The van der Waals surface area contributed by atoms with Crippen LogP contribution in [-0.4, -0.2) is 32.1 Å². The summed E-state index contributed by atoms with van der Waals surface area (Å²) in [5.41, 5.74) is 1.72. The maximum absolute atomic E-state index is 11.6. The van der Waals surface area contributed by atoms with E-state index in [0.717, 1.165) is 30.8 Å². The van der Waals surface area contributed by atoms with Gasteiger partial charge in [0.15, 0.2) is 9.84 Å². The largest absolute Gasteiger partial charge is 0.486 e. The van der Waals surface area contributed by atoms with Gasteiger partial charge >= 0.3 is 0 Å². The van der Waals surface area contributed by atoms with Gasteiger partial charge in [0.05, 0.1) is 11.5 Å². The summed E-state index contributed by atoms with van der Waals surface area (Å²) in [4.78, 5) is 0. The number of hydrogen-bond donors (Lipinski definition) is 1. The molecular formula is C14H19NO3S. The van der Waals surface area contributed by atoms with Crippen molar-refractivity contribution in [3.8, 4) is 5.75 Å². The zero-order chi connectivity index (χ0) is 13.5. The van der Waals surface area contributed by atoms with Crippen LogP contribution in [0.2, 0.25) is 0 Å². The zero-order valence-corrected chi connectivity index (χ0v) is 11.9. The van der Waals surface area contributed by atoms with Crippen LogP contribution in [0.25, 0.3) is 0 Å². The maximum atomic E-state index is 11.6. The van der Waals surface area contributed by atoms with Crippen LogP contribution in [0.15, 0.2) is 18.2 Å². The summed E-state index contributed by atoms with van der Waals surface area (Å²) in [6.45, 7) is 2.88. The standard InChI is InChI=1S/C14H19NO3S/c1-14(7-9-19(16,17)10-14)18-13-6-2-5-12-11(13)4-3-8-15-12/h2,5-6,15H,3-4,7-10H2,1H3. The SMILES string of the molecule is CC1(Oc2cccc3c2CCCN3)CCS(=O)(=O)C1. The Labute approximate surface area is 114 Å². The Kier molecular flexibility index (Phi) is 2.96. The van der Waals surface area contributed by atoms with Gasteiger partial charge in [-0.05, 0) is 31.9 Å². The van der Waals surface area contributed by atoms with Crippen molar-refractivity contribution in [3.05, 3.63) is 23.8 Å². The van der Waals surface area contributed by atoms with Gasteiger partial charge in [-0.3, -0.25) is 0 Å². The lowest BCUT2D eigenvalue weighted by molar-refractivity contribution is 0.116. The number of hydrogen-bond acceptors (Lipinski definition) is 4. The fraction of sp³-hybridized carbons (Fsp3) is 0.571. The van der Waals surface area contributed by atoms with Gasteiger partial charge in [0.1, 0.15) is 11.4 Å². The highest BCUT2D eigenvalue weighted by atomic mass is 32.2. The first kappa shape index (κ1) is 12.8. The number of nitrogens with one attached hydrogen (secondary N) is 1. The van der Waals surface area contributed by atoms with Gasteiger partial charge in [-0.1, -0.05) is 6.07 Å². The highest BCUT2D eigenvalue weighted by molar-refractivity contribution is 7.91. The molecule has 4 nitrogen and oxygen atoms in total. The van der Waals surface area contributed by atoms with Crippen LogP contribution < -0.4 is 10.1 Å². The van der Waals surface area contributed by atoms with Gasteiger partial charge in [0.25, 0.3) is 0 Å². The molecule has 1 saturated heterocycles. The first-order chi connectivity index (χ1) is 8.98. The highest BCUT2D eigenvalue weighted by Gasteiger charge is 2.40. The molecule has 1 unspecified atom stereocenters. The second kappa shape index (κ2) is 4.40. The smallest absolute Gasteiger partial charge is 0.154 e. The molecule has 0 spiro atoms. The van der Waals surface area contributed by atoms with Crippen molar-refractivity contribution in [2.24, 2.45) is 0 Å². The molecule has 1 aromatic carbocycles. The van der Waals surface area contributed by atoms with E-state index >= 15 is 0 Å². The van der Waals surface area contributed by atoms with Gasteiger partial charge in [-0.15, -0.1) is 0 Å². The molecule has 0 amide bonds. The van der Waals surface area contributed by atoms with Gasteiger partial charge in [-0.2, -0.15) is 0 Å². The van der Waals surface area contributed by atoms with Crippen molar-refractivity contribution in [1.29, 1.82) is 0 Å². The summed E-state index contributed by atoms with van der Waals surface area (Å²) in [5, 5.41) is 3.36. The van der Waals surface area contributed by atoms with Crippen LogP contribution in [0, 0.1) is 0 Å². The Morgan fingerprint density at radius 3 is 2.95 bits per heavy atom. The maximum Gasteiger partial charge on any atom is 0.154 e. The lowest BCUT2D eigenvalue weighted by Crippen LogP contribution is -2.34. The van der Waals surface area contributed by atoms with E-state index in [0.29, 0.717) is 6.42 Å². The number of fused-ring (bicyclic) bond motifs is 1. The summed E-state index contributed by atoms with van der Waals surface area (Å²) in [6, 6.07) is 5.95. The van der Waals surface area contributed by atoms with Crippen LogP contribution in [0.5, 0.6) is 5.75 Å². The first-order valence-corrected chi connectivity index (χ1v) is 8.55. The average Bonchev–Trinajstić information content (AvgIpc) is 2.64. The van der Waals surface area contributed by atoms with Crippen LogP contribution in [0.1, 0.15) is 25.3 Å². The second-order valence-electron chi connectivity index (χ2n) is 5.71. The van der Waals surface area contributed by atoms with Crippen molar-refractivity contribution in [2.45, 2.75) is 31.8 Å². The zero-order valence-electron chi connectivity index (χ0n) is 11.1. The predicted molar refractivity (Wildman–Crippen MR) is 75.6 cm³/mol. The molecule has 1 N–H and O–H groups in total. The molecule has 2 heterocycles. The summed E-state index contributed by atoms with van der Waals surface area (Å²) >= 11 is 0. The summed E-state index contributed by atoms with van der Waals surface area (Å²) in [6.07, 6.45) is 2.65. The van der Waals surface area contributed by atoms with Crippen LogP contribution in [0.4, 0.5) is 5.69 Å². The third-order valence-electron chi connectivity index (χ3n) is 3.88. The predicted octanol–water partition coefficient (Wildman–Crippen LogP) is 2.00. The molecule has 0 aromatic heterocycles. The molecule has 0 aliphatic carbocycles. The van der Waals surface area contributed by atoms with Crippen molar-refractivity contribution < 1.29 is 13.2 Å². The molecule has 104 valence electrons. The van der Waals surface area contributed by atoms with Gasteiger partial charge < -0.3 is 10.1 Å². The second-order valence-corrected chi connectivity index (χ2v) is 7.89. The van der Waals surface area contributed by atoms with E-state index in [4.69, 9.17) is 4.74 Å². The molecule has 2 aliphatic rings. The molecular weight excluding hydrogens is 262 g/mol. The quantitative estimate of drug-likeness (QED) is 0.901. The molecule has 19 heavy (non-hydrogen) atoms. The van der Waals surface area contributed by atoms with E-state index < -0.39 is 15.4 Å². The van der Waals surface area contributed by atoms with Gasteiger partial charge in [0, 0.05) is 24.2 Å². The molecule has 1 atom stereocenters. The Balaban J connectivity index is 1.88. The van der Waals surface area contributed by atoms with E-state index in [1.807, 2.05) is 19.1 Å². The number of anilines is 1. The summed E-state index contributed by atoms with van der Waals surface area (Å²) in [7, 11) is -2.94. The molecule has 0 radical (unpaired) electrons. The van der Waals surface area contributed by atoms with Crippen molar-refractivity contribution in [2.75, 3.05) is 23.4 Å². The molecule has 0 bridgehead atoms. The highest BCUT2D eigenvalue weighted by Crippen LogP contribution is 2.35. The Hall–Kier alpha value is -1.23. The van der Waals surface area contributed by atoms with E-state index in [1.165, 1.54) is 5.56 Å². The van der Waals surface area contributed by atoms with E-state index in [2.05, 4.69) is 11.4 Å². The Morgan fingerprint density at radius 1 is 1.37 bits per heavy atom. The topological polar surface area (TPSA) is 55.4 Å². The van der Waals surface area contributed by atoms with Crippen LogP contribution >= 0.6 is 0 Å². The van der Waals surface area contributed by atoms with E-state index in [9.17, 15) is 8.42 Å². The molecule has 1 aromatic rings. The minimum Gasteiger partial charge on any atom is -0.486 e. The van der Waals surface area contributed by atoms with Crippen LogP contribution in [0.3, 0.4) is 0 Å².